The fourth-order valence-electron chi connectivity index (χ4n) is 3.57. The largest absolute Gasteiger partial charge is 0.344 e. The summed E-state index contributed by atoms with van der Waals surface area (Å²) in [6.07, 6.45) is 3.06. The highest BCUT2D eigenvalue weighted by atomic mass is 19.1. The molecule has 7 heteroatoms. The minimum atomic E-state index is -0.147. The number of carbonyl (C=O) groups excluding carboxylic acids is 1. The molecule has 2 aromatic rings. The Bertz CT molecular complexity index is 755. The first-order valence-corrected chi connectivity index (χ1v) is 8.77. The summed E-state index contributed by atoms with van der Waals surface area (Å²) in [7, 11) is 0. The summed E-state index contributed by atoms with van der Waals surface area (Å²) in [5.74, 6) is 1.38. The van der Waals surface area contributed by atoms with E-state index in [1.807, 2.05) is 12.1 Å². The molecule has 1 amide bonds. The molecule has 1 N–H and O–H groups in total. The molecule has 0 saturated carbocycles. The molecule has 1 aromatic heterocycles. The van der Waals surface area contributed by atoms with Crippen LogP contribution in [0.1, 0.15) is 54.9 Å². The van der Waals surface area contributed by atoms with Gasteiger partial charge in [-0.25, -0.2) is 4.39 Å². The van der Waals surface area contributed by atoms with Crippen molar-refractivity contribution in [3.63, 3.8) is 0 Å². The fraction of sp³-hybridized carbons (Fsp3) is 0.500. The molecule has 0 spiro atoms. The summed E-state index contributed by atoms with van der Waals surface area (Å²) < 4.78 is 19.1. The third-order valence-electron chi connectivity index (χ3n) is 5.06. The number of nitrogens with one attached hydrogen (secondary N) is 1. The van der Waals surface area contributed by atoms with Crippen molar-refractivity contribution in [3.05, 3.63) is 47.4 Å². The lowest BCUT2D eigenvalue weighted by atomic mass is 9.96. The Labute approximate surface area is 145 Å². The second-order valence-corrected chi connectivity index (χ2v) is 6.79. The standard InChI is InChI=1S/C18H21FN4O2/c19-14-4-2-1-3-13(14)11-23-9-7-12(8-10-23)17-21-18(25-22-17)15-5-6-16(24)20-15/h1-4,12,15H,5-11H2,(H,20,24)/t15-/m0/s1. The van der Waals surface area contributed by atoms with Crippen LogP contribution in [0.4, 0.5) is 4.39 Å². The Balaban J connectivity index is 1.34. The van der Waals surface area contributed by atoms with Crippen molar-refractivity contribution >= 4 is 5.91 Å². The van der Waals surface area contributed by atoms with Gasteiger partial charge in [-0.2, -0.15) is 4.98 Å². The molecule has 2 fully saturated rings. The van der Waals surface area contributed by atoms with Crippen molar-refractivity contribution < 1.29 is 13.7 Å². The van der Waals surface area contributed by atoms with Crippen molar-refractivity contribution in [2.45, 2.75) is 44.2 Å². The first-order valence-electron chi connectivity index (χ1n) is 8.77. The van der Waals surface area contributed by atoms with Crippen LogP contribution < -0.4 is 5.32 Å². The van der Waals surface area contributed by atoms with Gasteiger partial charge in [0.25, 0.3) is 0 Å². The van der Waals surface area contributed by atoms with E-state index in [1.165, 1.54) is 6.07 Å². The molecule has 1 atom stereocenters. The van der Waals surface area contributed by atoms with E-state index in [-0.39, 0.29) is 23.7 Å². The van der Waals surface area contributed by atoms with Crippen LogP contribution in [0.25, 0.3) is 0 Å². The highest BCUT2D eigenvalue weighted by molar-refractivity contribution is 5.78. The van der Waals surface area contributed by atoms with Crippen LogP contribution in [0.2, 0.25) is 0 Å². The molecule has 132 valence electrons. The molecule has 2 saturated heterocycles. The van der Waals surface area contributed by atoms with Crippen LogP contribution in [0.15, 0.2) is 28.8 Å². The van der Waals surface area contributed by atoms with E-state index in [0.29, 0.717) is 25.3 Å². The Hall–Kier alpha value is -2.28. The van der Waals surface area contributed by atoms with Gasteiger partial charge >= 0.3 is 0 Å². The van der Waals surface area contributed by atoms with Gasteiger partial charge in [-0.3, -0.25) is 9.69 Å². The van der Waals surface area contributed by atoms with Crippen LogP contribution in [-0.2, 0) is 11.3 Å². The van der Waals surface area contributed by atoms with Crippen LogP contribution in [0.5, 0.6) is 0 Å². The number of benzene rings is 1. The van der Waals surface area contributed by atoms with Crippen molar-refractivity contribution in [2.75, 3.05) is 13.1 Å². The van der Waals surface area contributed by atoms with Gasteiger partial charge in [0.05, 0.1) is 0 Å². The van der Waals surface area contributed by atoms with Gasteiger partial charge in [-0.15, -0.1) is 0 Å². The van der Waals surface area contributed by atoms with Crippen molar-refractivity contribution in [1.82, 2.24) is 20.4 Å². The van der Waals surface area contributed by atoms with Crippen molar-refractivity contribution in [3.8, 4) is 0 Å². The summed E-state index contributed by atoms with van der Waals surface area (Å²) in [5, 5.41) is 6.96. The first kappa shape index (κ1) is 16.2. The molecular formula is C18H21FN4O2. The maximum atomic E-state index is 13.8. The van der Waals surface area contributed by atoms with Gasteiger partial charge in [0.1, 0.15) is 11.9 Å². The number of nitrogens with zero attached hydrogens (tertiary/aromatic N) is 3. The average Bonchev–Trinajstić information content (AvgIpc) is 3.27. The van der Waals surface area contributed by atoms with E-state index in [0.717, 1.165) is 37.3 Å². The molecule has 25 heavy (non-hydrogen) atoms. The second kappa shape index (κ2) is 6.92. The minimum absolute atomic E-state index is 0.0335. The number of amides is 1. The minimum Gasteiger partial charge on any atom is -0.344 e. The number of aromatic nitrogens is 2. The maximum absolute atomic E-state index is 13.8. The van der Waals surface area contributed by atoms with Gasteiger partial charge in [-0.1, -0.05) is 23.4 Å². The first-order chi connectivity index (χ1) is 12.2. The van der Waals surface area contributed by atoms with E-state index in [2.05, 4.69) is 20.4 Å². The van der Waals surface area contributed by atoms with Crippen LogP contribution in [0.3, 0.4) is 0 Å². The summed E-state index contributed by atoms with van der Waals surface area (Å²) in [4.78, 5) is 18.1. The number of likely N-dealkylation sites (tertiary alicyclic amines) is 1. The second-order valence-electron chi connectivity index (χ2n) is 6.79. The molecule has 0 unspecified atom stereocenters. The molecule has 3 heterocycles. The van der Waals surface area contributed by atoms with E-state index in [9.17, 15) is 9.18 Å². The molecular weight excluding hydrogens is 323 g/mol. The fourth-order valence-corrected chi connectivity index (χ4v) is 3.57. The van der Waals surface area contributed by atoms with E-state index in [1.54, 1.807) is 6.07 Å². The number of carbonyl (C=O) groups is 1. The van der Waals surface area contributed by atoms with Gasteiger partial charge < -0.3 is 9.84 Å². The molecule has 1 aromatic carbocycles. The lowest BCUT2D eigenvalue weighted by Crippen LogP contribution is -2.33. The van der Waals surface area contributed by atoms with Crippen LogP contribution in [0, 0.1) is 5.82 Å². The molecule has 4 rings (SSSR count). The lowest BCUT2D eigenvalue weighted by Gasteiger charge is -2.30. The zero-order chi connectivity index (χ0) is 17.2. The number of hydrogen-bond acceptors (Lipinski definition) is 5. The van der Waals surface area contributed by atoms with Gasteiger partial charge in [0, 0.05) is 24.4 Å². The molecule has 2 aliphatic rings. The molecule has 0 bridgehead atoms. The van der Waals surface area contributed by atoms with Crippen LogP contribution in [-0.4, -0.2) is 34.0 Å². The normalized spacial score (nSPS) is 22.3. The number of halogens is 1. The topological polar surface area (TPSA) is 71.3 Å². The number of rotatable bonds is 4. The maximum Gasteiger partial charge on any atom is 0.249 e. The third kappa shape index (κ3) is 3.56. The molecule has 0 aliphatic carbocycles. The summed E-state index contributed by atoms with van der Waals surface area (Å²) >= 11 is 0. The lowest BCUT2D eigenvalue weighted by molar-refractivity contribution is -0.119. The third-order valence-corrected chi connectivity index (χ3v) is 5.06. The predicted molar refractivity (Wildman–Crippen MR) is 88.1 cm³/mol. The Morgan fingerprint density at radius 1 is 1.24 bits per heavy atom. The zero-order valence-electron chi connectivity index (χ0n) is 13.9. The van der Waals surface area contributed by atoms with E-state index in [4.69, 9.17) is 4.52 Å². The van der Waals surface area contributed by atoms with Gasteiger partial charge in [0.15, 0.2) is 5.82 Å². The van der Waals surface area contributed by atoms with Gasteiger partial charge in [-0.05, 0) is 38.4 Å². The zero-order valence-corrected chi connectivity index (χ0v) is 13.9. The average molecular weight is 344 g/mol. The van der Waals surface area contributed by atoms with E-state index < -0.39 is 0 Å². The molecule has 2 aliphatic heterocycles. The van der Waals surface area contributed by atoms with Crippen molar-refractivity contribution in [2.24, 2.45) is 0 Å². The Morgan fingerprint density at radius 3 is 2.76 bits per heavy atom. The summed E-state index contributed by atoms with van der Waals surface area (Å²) in [6, 6.07) is 6.78. The number of hydrogen-bond donors (Lipinski definition) is 1. The highest BCUT2D eigenvalue weighted by Gasteiger charge is 2.30. The van der Waals surface area contributed by atoms with Crippen LogP contribution >= 0.6 is 0 Å². The summed E-state index contributed by atoms with van der Waals surface area (Å²) in [5.41, 5.74) is 0.736. The smallest absolute Gasteiger partial charge is 0.249 e. The highest BCUT2D eigenvalue weighted by Crippen LogP contribution is 2.29. The Morgan fingerprint density at radius 2 is 2.04 bits per heavy atom. The van der Waals surface area contributed by atoms with Gasteiger partial charge in [0.2, 0.25) is 11.8 Å². The molecule has 0 radical (unpaired) electrons. The Kier molecular flexibility index (Phi) is 4.48. The summed E-state index contributed by atoms with van der Waals surface area (Å²) in [6.45, 7) is 2.39. The SMILES string of the molecule is O=C1CC[C@@H](c2nc(C3CCN(Cc4ccccc4F)CC3)no2)N1. The van der Waals surface area contributed by atoms with E-state index >= 15 is 0 Å². The predicted octanol–water partition coefficient (Wildman–Crippen LogP) is 2.54. The monoisotopic (exact) mass is 344 g/mol. The number of piperidine rings is 1. The quantitative estimate of drug-likeness (QED) is 0.923. The molecule has 6 nitrogen and oxygen atoms in total. The van der Waals surface area contributed by atoms with Crippen molar-refractivity contribution in [1.29, 1.82) is 0 Å².